The zero-order chi connectivity index (χ0) is 18.0. The fourth-order valence-electron chi connectivity index (χ4n) is 2.31. The molecule has 3 rings (SSSR count). The van der Waals surface area contributed by atoms with Gasteiger partial charge in [-0.05, 0) is 19.9 Å². The van der Waals surface area contributed by atoms with E-state index in [9.17, 15) is 9.59 Å². The van der Waals surface area contributed by atoms with Gasteiger partial charge >= 0.3 is 5.97 Å². The van der Waals surface area contributed by atoms with Crippen LogP contribution in [0.1, 0.15) is 28.7 Å². The maximum Gasteiger partial charge on any atom is 0.374 e. The smallest absolute Gasteiger partial charge is 0.374 e. The third-order valence-corrected chi connectivity index (χ3v) is 4.49. The summed E-state index contributed by atoms with van der Waals surface area (Å²) in [6.07, 6.45) is 0. The number of fused-ring (bicyclic) bond motifs is 1. The van der Waals surface area contributed by atoms with Gasteiger partial charge in [-0.2, -0.15) is 4.68 Å². The van der Waals surface area contributed by atoms with Crippen molar-refractivity contribution in [1.82, 2.24) is 14.9 Å². The molecule has 0 spiro atoms. The molecule has 0 atom stereocenters. The molecule has 0 aliphatic carbocycles. The Morgan fingerprint density at radius 1 is 1.36 bits per heavy atom. The van der Waals surface area contributed by atoms with Gasteiger partial charge < -0.3 is 15.0 Å². The number of hydrogen-bond donors (Lipinski definition) is 1. The Labute approximate surface area is 146 Å². The third-order valence-electron chi connectivity index (χ3n) is 3.52. The Morgan fingerprint density at radius 3 is 2.88 bits per heavy atom. The summed E-state index contributed by atoms with van der Waals surface area (Å²) in [6, 6.07) is 7.30. The van der Waals surface area contributed by atoms with Crippen molar-refractivity contribution >= 4 is 28.7 Å². The topological polar surface area (TPSA) is 113 Å². The number of aromatic nitrogens is 3. The van der Waals surface area contributed by atoms with E-state index in [-0.39, 0.29) is 23.2 Å². The molecule has 2 heterocycles. The van der Waals surface area contributed by atoms with E-state index in [1.54, 1.807) is 13.0 Å². The van der Waals surface area contributed by atoms with Crippen LogP contribution in [-0.4, -0.2) is 27.4 Å². The lowest BCUT2D eigenvalue weighted by Crippen LogP contribution is -2.32. The Kier molecular flexibility index (Phi) is 4.75. The fraction of sp³-hybridized carbons (Fsp3) is 0.250. The zero-order valence-corrected chi connectivity index (χ0v) is 14.5. The molecule has 130 valence electrons. The molecule has 0 bridgehead atoms. The molecular weight excluding hydrogens is 344 g/mol. The number of furan rings is 1. The van der Waals surface area contributed by atoms with Crippen molar-refractivity contribution in [2.24, 2.45) is 0 Å². The van der Waals surface area contributed by atoms with Crippen molar-refractivity contribution < 1.29 is 13.9 Å². The first-order valence-corrected chi connectivity index (χ1v) is 8.53. The minimum Gasteiger partial charge on any atom is -0.460 e. The molecule has 0 radical (unpaired) electrons. The number of carbonyl (C=O) groups excluding carboxylic acids is 1. The normalized spacial score (nSPS) is 11.0. The summed E-state index contributed by atoms with van der Waals surface area (Å²) in [5, 5.41) is 8.76. The molecule has 0 amide bonds. The Morgan fingerprint density at radius 2 is 2.12 bits per heavy atom. The number of thioether (sulfide) groups is 1. The average molecular weight is 360 g/mol. The number of nitrogens with zero attached hydrogens (tertiary/aromatic N) is 3. The predicted molar refractivity (Wildman–Crippen MR) is 92.9 cm³/mol. The van der Waals surface area contributed by atoms with Crippen LogP contribution < -0.4 is 11.4 Å². The first kappa shape index (κ1) is 17.0. The molecule has 2 N–H and O–H groups in total. The number of benzene rings is 1. The van der Waals surface area contributed by atoms with Crippen LogP contribution in [0.15, 0.2) is 38.6 Å². The van der Waals surface area contributed by atoms with Crippen molar-refractivity contribution in [3.05, 3.63) is 51.6 Å². The Hall–Kier alpha value is -2.81. The summed E-state index contributed by atoms with van der Waals surface area (Å²) in [4.78, 5) is 24.0. The van der Waals surface area contributed by atoms with Gasteiger partial charge in [0.15, 0.2) is 0 Å². The van der Waals surface area contributed by atoms with Crippen molar-refractivity contribution in [3.63, 3.8) is 0 Å². The summed E-state index contributed by atoms with van der Waals surface area (Å²) in [6.45, 7) is 3.51. The third kappa shape index (κ3) is 3.22. The summed E-state index contributed by atoms with van der Waals surface area (Å²) in [5.41, 5.74) is 1.04. The first-order valence-electron chi connectivity index (χ1n) is 7.54. The van der Waals surface area contributed by atoms with Gasteiger partial charge in [0.1, 0.15) is 11.3 Å². The number of esters is 1. The van der Waals surface area contributed by atoms with Crippen LogP contribution in [0.5, 0.6) is 0 Å². The summed E-state index contributed by atoms with van der Waals surface area (Å²) in [7, 11) is 0. The Balaban J connectivity index is 1.98. The standard InChI is InChI=1S/C16H16N4O4S/c1-3-23-15(22)13-11(10-6-4-5-7-12(10)24-13)8-25-16-19-18-9(2)14(21)20(16)17/h4-7H,3,8,17H2,1-2H3. The van der Waals surface area contributed by atoms with Crippen LogP contribution in [0.4, 0.5) is 0 Å². The second kappa shape index (κ2) is 6.98. The number of para-hydroxylation sites is 1. The van der Waals surface area contributed by atoms with Crippen LogP contribution in [-0.2, 0) is 10.5 Å². The molecular formula is C16H16N4O4S. The molecule has 8 nitrogen and oxygen atoms in total. The van der Waals surface area contributed by atoms with Gasteiger partial charge in [-0.25, -0.2) is 4.79 Å². The van der Waals surface area contributed by atoms with E-state index in [4.69, 9.17) is 15.0 Å². The van der Waals surface area contributed by atoms with Gasteiger partial charge in [-0.3, -0.25) is 4.79 Å². The van der Waals surface area contributed by atoms with Gasteiger partial charge in [0, 0.05) is 16.7 Å². The van der Waals surface area contributed by atoms with Gasteiger partial charge in [0.05, 0.1) is 6.61 Å². The van der Waals surface area contributed by atoms with E-state index in [0.29, 0.717) is 16.9 Å². The van der Waals surface area contributed by atoms with E-state index >= 15 is 0 Å². The van der Waals surface area contributed by atoms with Crippen molar-refractivity contribution in [2.45, 2.75) is 24.8 Å². The lowest BCUT2D eigenvalue weighted by atomic mass is 10.1. The highest BCUT2D eigenvalue weighted by Gasteiger charge is 2.22. The lowest BCUT2D eigenvalue weighted by Gasteiger charge is -2.06. The number of carbonyl (C=O) groups is 1. The molecule has 0 aliphatic heterocycles. The van der Waals surface area contributed by atoms with E-state index in [1.165, 1.54) is 18.7 Å². The quantitative estimate of drug-likeness (QED) is 0.417. The monoisotopic (exact) mass is 360 g/mol. The predicted octanol–water partition coefficient (Wildman–Crippen LogP) is 1.88. The maximum absolute atomic E-state index is 12.2. The molecule has 3 aromatic rings. The minimum absolute atomic E-state index is 0.140. The van der Waals surface area contributed by atoms with E-state index < -0.39 is 11.5 Å². The van der Waals surface area contributed by atoms with Crippen LogP contribution in [0.3, 0.4) is 0 Å². The first-order chi connectivity index (χ1) is 12.0. The van der Waals surface area contributed by atoms with Gasteiger partial charge in [-0.15, -0.1) is 10.2 Å². The van der Waals surface area contributed by atoms with Crippen LogP contribution in [0, 0.1) is 6.92 Å². The van der Waals surface area contributed by atoms with Gasteiger partial charge in [0.2, 0.25) is 10.9 Å². The minimum atomic E-state index is -0.533. The van der Waals surface area contributed by atoms with Crippen LogP contribution in [0.25, 0.3) is 11.0 Å². The average Bonchev–Trinajstić information content (AvgIpc) is 2.98. The SMILES string of the molecule is CCOC(=O)c1oc2ccccc2c1CSc1nnc(C)c(=O)n1N. The number of rotatable bonds is 5. The number of ether oxygens (including phenoxy) is 1. The molecule has 2 aromatic heterocycles. The highest BCUT2D eigenvalue weighted by atomic mass is 32.2. The van der Waals surface area contributed by atoms with E-state index in [0.717, 1.165) is 10.1 Å². The number of nitrogens with two attached hydrogens (primary N) is 1. The molecule has 0 saturated carbocycles. The molecule has 0 unspecified atom stereocenters. The summed E-state index contributed by atoms with van der Waals surface area (Å²) < 4.78 is 11.7. The summed E-state index contributed by atoms with van der Waals surface area (Å²) in [5.74, 6) is 5.67. The number of nitrogen functional groups attached to an aromatic ring is 1. The molecule has 0 fully saturated rings. The molecule has 25 heavy (non-hydrogen) atoms. The highest BCUT2D eigenvalue weighted by Crippen LogP contribution is 2.31. The largest absolute Gasteiger partial charge is 0.460 e. The Bertz CT molecular complexity index is 995. The van der Waals surface area contributed by atoms with E-state index in [2.05, 4.69) is 10.2 Å². The van der Waals surface area contributed by atoms with Crippen LogP contribution >= 0.6 is 11.8 Å². The van der Waals surface area contributed by atoms with Crippen molar-refractivity contribution in [1.29, 1.82) is 0 Å². The number of aryl methyl sites for hydroxylation is 1. The fourth-order valence-corrected chi connectivity index (χ4v) is 3.19. The summed E-state index contributed by atoms with van der Waals surface area (Å²) >= 11 is 1.19. The van der Waals surface area contributed by atoms with Crippen molar-refractivity contribution in [2.75, 3.05) is 12.4 Å². The molecule has 1 aromatic carbocycles. The molecule has 0 aliphatic rings. The second-order valence-corrected chi connectivity index (χ2v) is 6.10. The van der Waals surface area contributed by atoms with Crippen molar-refractivity contribution in [3.8, 4) is 0 Å². The molecule has 0 saturated heterocycles. The van der Waals surface area contributed by atoms with Crippen LogP contribution in [0.2, 0.25) is 0 Å². The maximum atomic E-state index is 12.2. The number of hydrogen-bond acceptors (Lipinski definition) is 8. The van der Waals surface area contributed by atoms with Gasteiger partial charge in [-0.1, -0.05) is 30.0 Å². The second-order valence-electron chi connectivity index (χ2n) is 5.16. The van der Waals surface area contributed by atoms with Gasteiger partial charge in [0.25, 0.3) is 5.56 Å². The lowest BCUT2D eigenvalue weighted by molar-refractivity contribution is 0.0491. The molecule has 9 heteroatoms. The highest BCUT2D eigenvalue weighted by molar-refractivity contribution is 7.98. The zero-order valence-electron chi connectivity index (χ0n) is 13.7. The van der Waals surface area contributed by atoms with E-state index in [1.807, 2.05) is 18.2 Å².